The Balaban J connectivity index is 1.87. The van der Waals surface area contributed by atoms with E-state index >= 15 is 0 Å². The Bertz CT molecular complexity index is 1390. The lowest BCUT2D eigenvalue weighted by molar-refractivity contribution is -0.118. The average molecular weight is 526 g/mol. The van der Waals surface area contributed by atoms with Crippen molar-refractivity contribution in [1.29, 1.82) is 0 Å². The van der Waals surface area contributed by atoms with Crippen LogP contribution < -0.4 is 11.1 Å². The molecule has 0 radical (unpaired) electrons. The molecule has 1 aromatic heterocycles. The van der Waals surface area contributed by atoms with Gasteiger partial charge < -0.3 is 15.6 Å². The Morgan fingerprint density at radius 1 is 0.821 bits per heavy atom. The molecule has 3 N–H and O–H groups in total. The van der Waals surface area contributed by atoms with Gasteiger partial charge in [0.15, 0.2) is 0 Å². The zero-order valence-corrected chi connectivity index (χ0v) is 22.6. The molecule has 0 aliphatic heterocycles. The molecule has 0 saturated heterocycles. The first-order chi connectivity index (χ1) is 18.9. The number of halogens is 1. The molecule has 0 unspecified atom stereocenters. The second-order valence-electron chi connectivity index (χ2n) is 10.1. The van der Waals surface area contributed by atoms with Crippen molar-refractivity contribution >= 4 is 17.5 Å². The normalized spacial score (nSPS) is 11.1. The van der Waals surface area contributed by atoms with Crippen molar-refractivity contribution in [3.63, 3.8) is 0 Å². The molecular formula is C33H36FN3O2. The number of carbonyl (C=O) groups excluding carboxylic acids is 2. The van der Waals surface area contributed by atoms with Gasteiger partial charge >= 0.3 is 0 Å². The molecule has 39 heavy (non-hydrogen) atoms. The molecule has 2 amide bonds. The Morgan fingerprint density at radius 3 is 2.05 bits per heavy atom. The lowest BCUT2D eigenvalue weighted by Gasteiger charge is -2.17. The molecule has 3 aromatic carbocycles. The topological polar surface area (TPSA) is 77.1 Å². The lowest BCUT2D eigenvalue weighted by Crippen LogP contribution is -2.16. The van der Waals surface area contributed by atoms with E-state index in [0.29, 0.717) is 18.5 Å². The van der Waals surface area contributed by atoms with Crippen molar-refractivity contribution in [2.75, 3.05) is 5.32 Å². The lowest BCUT2D eigenvalue weighted by atomic mass is 9.94. The molecule has 4 aromatic rings. The van der Waals surface area contributed by atoms with E-state index < -0.39 is 0 Å². The Kier molecular flexibility index (Phi) is 9.31. The van der Waals surface area contributed by atoms with Gasteiger partial charge in [0.25, 0.3) is 5.91 Å². The molecule has 0 spiro atoms. The number of carbonyl (C=O) groups is 2. The van der Waals surface area contributed by atoms with E-state index in [1.807, 2.05) is 60.7 Å². The number of hydrogen-bond acceptors (Lipinski definition) is 2. The minimum absolute atomic E-state index is 0.0491. The summed E-state index contributed by atoms with van der Waals surface area (Å²) in [5.74, 6) is -0.707. The van der Waals surface area contributed by atoms with Crippen LogP contribution in [0.25, 0.3) is 22.4 Å². The van der Waals surface area contributed by atoms with Gasteiger partial charge in [-0.25, -0.2) is 4.39 Å². The van der Waals surface area contributed by atoms with Crippen molar-refractivity contribution in [3.05, 3.63) is 102 Å². The maximum absolute atomic E-state index is 14.0. The SMILES string of the molecule is CC(C)c1c(C(=O)Nc2ccccc2)c(-c2ccccc2)c(-c2ccc(F)cc2)n1CCCCCCC(N)=O. The van der Waals surface area contributed by atoms with Crippen LogP contribution in [0.1, 0.15) is 67.9 Å². The van der Waals surface area contributed by atoms with Crippen LogP contribution in [0.15, 0.2) is 84.9 Å². The molecule has 0 saturated carbocycles. The molecule has 0 bridgehead atoms. The van der Waals surface area contributed by atoms with Crippen LogP contribution in [0.4, 0.5) is 10.1 Å². The van der Waals surface area contributed by atoms with Crippen molar-refractivity contribution < 1.29 is 14.0 Å². The van der Waals surface area contributed by atoms with Gasteiger partial charge in [-0.3, -0.25) is 9.59 Å². The number of amides is 2. The molecule has 202 valence electrons. The highest BCUT2D eigenvalue weighted by Crippen LogP contribution is 2.42. The summed E-state index contributed by atoms with van der Waals surface area (Å²) in [6.07, 6.45) is 3.86. The van der Waals surface area contributed by atoms with Crippen LogP contribution in [0.5, 0.6) is 0 Å². The Hall–Kier alpha value is -4.19. The number of aromatic nitrogens is 1. The van der Waals surface area contributed by atoms with Crippen molar-refractivity contribution in [2.45, 2.75) is 58.4 Å². The second kappa shape index (κ2) is 13.1. The minimum Gasteiger partial charge on any atom is -0.370 e. The largest absolute Gasteiger partial charge is 0.370 e. The van der Waals surface area contributed by atoms with Gasteiger partial charge in [0, 0.05) is 29.9 Å². The molecule has 4 rings (SSSR count). The highest BCUT2D eigenvalue weighted by Gasteiger charge is 2.30. The molecule has 1 heterocycles. The zero-order valence-electron chi connectivity index (χ0n) is 22.6. The summed E-state index contributed by atoms with van der Waals surface area (Å²) in [7, 11) is 0. The number of hydrogen-bond donors (Lipinski definition) is 2. The van der Waals surface area contributed by atoms with Gasteiger partial charge in [-0.15, -0.1) is 0 Å². The first kappa shape index (κ1) is 27.8. The van der Waals surface area contributed by atoms with Crippen molar-refractivity contribution in [3.8, 4) is 22.4 Å². The number of anilines is 1. The summed E-state index contributed by atoms with van der Waals surface area (Å²) in [6.45, 7) is 4.89. The van der Waals surface area contributed by atoms with Crippen molar-refractivity contribution in [1.82, 2.24) is 4.57 Å². The predicted molar refractivity (Wildman–Crippen MR) is 156 cm³/mol. The number of benzene rings is 3. The molecule has 0 aliphatic carbocycles. The van der Waals surface area contributed by atoms with Crippen LogP contribution in [-0.4, -0.2) is 16.4 Å². The molecule has 0 atom stereocenters. The zero-order chi connectivity index (χ0) is 27.8. The third-order valence-electron chi connectivity index (χ3n) is 6.84. The standard InChI is InChI=1S/C33H36FN3O2/c1-23(2)31-30(33(39)36-27-15-9-6-10-16-27)29(24-13-7-5-8-14-24)32(25-18-20-26(34)21-19-25)37(31)22-12-4-3-11-17-28(35)38/h5-10,13-16,18-21,23H,3-4,11-12,17,22H2,1-2H3,(H2,35,38)(H,36,39). The van der Waals surface area contributed by atoms with E-state index in [4.69, 9.17) is 5.73 Å². The molecule has 5 nitrogen and oxygen atoms in total. The highest BCUT2D eigenvalue weighted by molar-refractivity contribution is 6.12. The number of para-hydroxylation sites is 1. The van der Waals surface area contributed by atoms with Crippen LogP contribution in [0.2, 0.25) is 0 Å². The number of rotatable bonds is 12. The maximum Gasteiger partial charge on any atom is 0.258 e. The molecule has 0 aliphatic rings. The van der Waals surface area contributed by atoms with Gasteiger partial charge in [-0.2, -0.15) is 0 Å². The summed E-state index contributed by atoms with van der Waals surface area (Å²) < 4.78 is 16.2. The van der Waals surface area contributed by atoms with Gasteiger partial charge in [0.05, 0.1) is 11.3 Å². The van der Waals surface area contributed by atoms with Crippen LogP contribution >= 0.6 is 0 Å². The number of unbranched alkanes of at least 4 members (excludes halogenated alkanes) is 3. The minimum atomic E-state index is -0.307. The summed E-state index contributed by atoms with van der Waals surface area (Å²) in [5, 5.41) is 3.10. The predicted octanol–water partition coefficient (Wildman–Crippen LogP) is 7.77. The van der Waals surface area contributed by atoms with E-state index in [1.165, 1.54) is 12.1 Å². The quantitative estimate of drug-likeness (QED) is 0.185. The van der Waals surface area contributed by atoms with E-state index in [1.54, 1.807) is 12.1 Å². The fourth-order valence-corrected chi connectivity index (χ4v) is 5.13. The maximum atomic E-state index is 14.0. The van der Waals surface area contributed by atoms with Crippen LogP contribution in [-0.2, 0) is 11.3 Å². The average Bonchev–Trinajstić information content (AvgIpc) is 3.27. The monoisotopic (exact) mass is 525 g/mol. The van der Waals surface area contributed by atoms with E-state index in [9.17, 15) is 14.0 Å². The van der Waals surface area contributed by atoms with E-state index in [0.717, 1.165) is 59.4 Å². The number of primary amides is 1. The second-order valence-corrected chi connectivity index (χ2v) is 10.1. The third-order valence-corrected chi connectivity index (χ3v) is 6.84. The summed E-state index contributed by atoms with van der Waals surface area (Å²) in [4.78, 5) is 25.2. The molecular weight excluding hydrogens is 489 g/mol. The smallest absolute Gasteiger partial charge is 0.258 e. The van der Waals surface area contributed by atoms with Gasteiger partial charge in [-0.1, -0.05) is 75.2 Å². The summed E-state index contributed by atoms with van der Waals surface area (Å²) >= 11 is 0. The molecule has 6 heteroatoms. The fraction of sp³-hybridized carbons (Fsp3) is 0.273. The van der Waals surface area contributed by atoms with E-state index in [2.05, 4.69) is 23.7 Å². The third kappa shape index (κ3) is 6.82. The van der Waals surface area contributed by atoms with Crippen molar-refractivity contribution in [2.24, 2.45) is 5.73 Å². The number of nitrogens with one attached hydrogen (secondary N) is 1. The Morgan fingerprint density at radius 2 is 1.44 bits per heavy atom. The van der Waals surface area contributed by atoms with Crippen LogP contribution in [0, 0.1) is 5.82 Å². The molecule has 0 fully saturated rings. The summed E-state index contributed by atoms with van der Waals surface area (Å²) in [6, 6.07) is 25.9. The fourth-order valence-electron chi connectivity index (χ4n) is 5.13. The van der Waals surface area contributed by atoms with Gasteiger partial charge in [0.1, 0.15) is 5.82 Å². The van der Waals surface area contributed by atoms with Crippen LogP contribution in [0.3, 0.4) is 0 Å². The summed E-state index contributed by atoms with van der Waals surface area (Å²) in [5.41, 5.74) is 11.1. The highest BCUT2D eigenvalue weighted by atomic mass is 19.1. The first-order valence-corrected chi connectivity index (χ1v) is 13.6. The number of nitrogens with zero attached hydrogens (tertiary/aromatic N) is 1. The van der Waals surface area contributed by atoms with E-state index in [-0.39, 0.29) is 23.5 Å². The Labute approximate surface area is 229 Å². The van der Waals surface area contributed by atoms with Gasteiger partial charge in [0.2, 0.25) is 5.91 Å². The number of nitrogens with two attached hydrogens (primary N) is 1. The van der Waals surface area contributed by atoms with Gasteiger partial charge in [-0.05, 0) is 66.3 Å². The first-order valence-electron chi connectivity index (χ1n) is 13.6.